The van der Waals surface area contributed by atoms with Crippen molar-refractivity contribution in [3.05, 3.63) is 60.2 Å². The van der Waals surface area contributed by atoms with Gasteiger partial charge in [0.1, 0.15) is 5.78 Å². The van der Waals surface area contributed by atoms with Crippen LogP contribution in [0.5, 0.6) is 0 Å². The average molecular weight is 356 g/mol. The lowest BCUT2D eigenvalue weighted by Crippen LogP contribution is -2.14. The molecule has 3 nitrogen and oxygen atoms in total. The van der Waals surface area contributed by atoms with Crippen LogP contribution in [0.25, 0.3) is 33.2 Å². The second kappa shape index (κ2) is 6.12. The van der Waals surface area contributed by atoms with Gasteiger partial charge in [-0.1, -0.05) is 36.4 Å². The van der Waals surface area contributed by atoms with E-state index in [-0.39, 0.29) is 0 Å². The maximum absolute atomic E-state index is 12.2. The van der Waals surface area contributed by atoms with E-state index in [4.69, 9.17) is 0 Å². The minimum absolute atomic E-state index is 0.311. The predicted molar refractivity (Wildman–Crippen MR) is 111 cm³/mol. The fourth-order valence-corrected chi connectivity index (χ4v) is 4.93. The molecule has 1 atom stereocenters. The van der Waals surface area contributed by atoms with E-state index in [0.717, 1.165) is 19.3 Å². The summed E-state index contributed by atoms with van der Waals surface area (Å²) >= 11 is 0. The summed E-state index contributed by atoms with van der Waals surface area (Å²) in [6, 6.07) is 19.4. The van der Waals surface area contributed by atoms with Crippen molar-refractivity contribution >= 4 is 27.6 Å². The van der Waals surface area contributed by atoms with Crippen molar-refractivity contribution < 1.29 is 4.79 Å². The van der Waals surface area contributed by atoms with Crippen LogP contribution >= 0.6 is 0 Å². The highest BCUT2D eigenvalue weighted by atomic mass is 16.1. The zero-order chi connectivity index (χ0) is 18.5. The van der Waals surface area contributed by atoms with E-state index < -0.39 is 0 Å². The second-order valence-electron chi connectivity index (χ2n) is 7.82. The first kappa shape index (κ1) is 16.4. The largest absolute Gasteiger partial charge is 0.342 e. The van der Waals surface area contributed by atoms with Crippen LogP contribution < -0.4 is 0 Å². The van der Waals surface area contributed by atoms with Gasteiger partial charge in [-0.05, 0) is 42.5 Å². The molecular formula is C24H24N2O. The van der Waals surface area contributed by atoms with Crippen LogP contribution in [-0.4, -0.2) is 14.9 Å². The third kappa shape index (κ3) is 2.45. The molecule has 0 bridgehead atoms. The number of hydrogen-bond donors (Lipinski definition) is 0. The Bertz CT molecular complexity index is 1180. The van der Waals surface area contributed by atoms with Crippen molar-refractivity contribution in [1.29, 1.82) is 0 Å². The standard InChI is InChI=1S/C24H24N2O/c1-25-20-12-5-3-8-16(20)15-22(25)24-23(17-9-7-10-18(27)14-17)19-11-4-6-13-21(19)26(24)2/h3-6,8,11-13,15,17H,7,9-10,14H2,1-2H3. The molecule has 27 heavy (non-hydrogen) atoms. The Hall–Kier alpha value is -2.81. The van der Waals surface area contributed by atoms with Crippen LogP contribution in [0.3, 0.4) is 0 Å². The molecule has 0 radical (unpaired) electrons. The maximum Gasteiger partial charge on any atom is 0.133 e. The van der Waals surface area contributed by atoms with Gasteiger partial charge in [0.05, 0.1) is 11.4 Å². The number of rotatable bonds is 2. The number of benzene rings is 2. The minimum atomic E-state index is 0.311. The van der Waals surface area contributed by atoms with Crippen molar-refractivity contribution in [2.24, 2.45) is 14.1 Å². The topological polar surface area (TPSA) is 26.9 Å². The predicted octanol–water partition coefficient (Wildman–Crippen LogP) is 5.56. The molecule has 2 aromatic carbocycles. The first-order valence-corrected chi connectivity index (χ1v) is 9.79. The zero-order valence-electron chi connectivity index (χ0n) is 15.9. The summed E-state index contributed by atoms with van der Waals surface area (Å²) in [4.78, 5) is 12.2. The van der Waals surface area contributed by atoms with E-state index >= 15 is 0 Å². The molecule has 1 aliphatic carbocycles. The van der Waals surface area contributed by atoms with Crippen LogP contribution in [0, 0.1) is 0 Å². The number of carbonyl (C=O) groups is 1. The molecule has 0 aliphatic heterocycles. The van der Waals surface area contributed by atoms with E-state index in [2.05, 4.69) is 77.8 Å². The minimum Gasteiger partial charge on any atom is -0.342 e. The molecular weight excluding hydrogens is 332 g/mol. The fourth-order valence-electron chi connectivity index (χ4n) is 4.93. The number of carbonyl (C=O) groups excluding carboxylic acids is 1. The van der Waals surface area contributed by atoms with E-state index in [1.807, 2.05) is 0 Å². The Morgan fingerprint density at radius 3 is 2.44 bits per heavy atom. The average Bonchev–Trinajstić information content (AvgIpc) is 3.17. The normalized spacial score (nSPS) is 17.9. The van der Waals surface area contributed by atoms with Crippen molar-refractivity contribution in [3.8, 4) is 11.4 Å². The second-order valence-corrected chi connectivity index (χ2v) is 7.82. The Kier molecular flexibility index (Phi) is 3.71. The summed E-state index contributed by atoms with van der Waals surface area (Å²) in [5.41, 5.74) is 6.32. The van der Waals surface area contributed by atoms with Crippen LogP contribution in [0.4, 0.5) is 0 Å². The maximum atomic E-state index is 12.2. The zero-order valence-corrected chi connectivity index (χ0v) is 15.9. The van der Waals surface area contributed by atoms with E-state index in [9.17, 15) is 4.79 Å². The van der Waals surface area contributed by atoms with Crippen LogP contribution in [0.2, 0.25) is 0 Å². The van der Waals surface area contributed by atoms with Crippen LogP contribution in [-0.2, 0) is 18.9 Å². The van der Waals surface area contributed by atoms with Gasteiger partial charge in [0.2, 0.25) is 0 Å². The monoisotopic (exact) mass is 356 g/mol. The third-order valence-corrected chi connectivity index (χ3v) is 6.23. The van der Waals surface area contributed by atoms with Gasteiger partial charge in [-0.3, -0.25) is 4.79 Å². The molecule has 0 spiro atoms. The highest BCUT2D eigenvalue weighted by Crippen LogP contribution is 2.43. The molecule has 0 amide bonds. The van der Waals surface area contributed by atoms with Gasteiger partial charge >= 0.3 is 0 Å². The number of hydrogen-bond acceptors (Lipinski definition) is 1. The number of fused-ring (bicyclic) bond motifs is 2. The SMILES string of the molecule is Cn1c(-c2c(C3CCCC(=O)C3)c3ccccc3n2C)cc2ccccc21. The van der Waals surface area contributed by atoms with Crippen LogP contribution in [0.1, 0.15) is 37.2 Å². The van der Waals surface area contributed by atoms with Crippen LogP contribution in [0.15, 0.2) is 54.6 Å². The Balaban J connectivity index is 1.83. The summed E-state index contributed by atoms with van der Waals surface area (Å²) in [6.07, 6.45) is 3.51. The quantitative estimate of drug-likeness (QED) is 0.462. The number of Topliss-reactive ketones (excluding diaryl/α,β-unsaturated/α-hetero) is 1. The van der Waals surface area contributed by atoms with Crippen molar-refractivity contribution in [2.75, 3.05) is 0 Å². The number of para-hydroxylation sites is 2. The van der Waals surface area contributed by atoms with Gasteiger partial charge in [-0.15, -0.1) is 0 Å². The van der Waals surface area contributed by atoms with Gasteiger partial charge in [0.15, 0.2) is 0 Å². The molecule has 1 aliphatic rings. The fraction of sp³-hybridized carbons (Fsp3) is 0.292. The van der Waals surface area contributed by atoms with Crippen molar-refractivity contribution in [2.45, 2.75) is 31.6 Å². The molecule has 5 rings (SSSR count). The van der Waals surface area contributed by atoms with Gasteiger partial charge in [0.25, 0.3) is 0 Å². The summed E-state index contributed by atoms with van der Waals surface area (Å²) < 4.78 is 4.61. The first-order chi connectivity index (χ1) is 13.1. The third-order valence-electron chi connectivity index (χ3n) is 6.23. The molecule has 136 valence electrons. The van der Waals surface area contributed by atoms with Crippen molar-refractivity contribution in [3.63, 3.8) is 0 Å². The molecule has 1 saturated carbocycles. The lowest BCUT2D eigenvalue weighted by Gasteiger charge is -2.22. The molecule has 0 N–H and O–H groups in total. The molecule has 2 aromatic heterocycles. The highest BCUT2D eigenvalue weighted by molar-refractivity contribution is 5.96. The molecule has 4 aromatic rings. The van der Waals surface area contributed by atoms with Gasteiger partial charge in [-0.25, -0.2) is 0 Å². The highest BCUT2D eigenvalue weighted by Gasteiger charge is 2.29. The Labute approximate surface area is 159 Å². The van der Waals surface area contributed by atoms with E-state index in [0.29, 0.717) is 18.1 Å². The Morgan fingerprint density at radius 2 is 1.67 bits per heavy atom. The number of aromatic nitrogens is 2. The number of ketones is 1. The summed E-state index contributed by atoms with van der Waals surface area (Å²) in [6.45, 7) is 0. The van der Waals surface area contributed by atoms with Gasteiger partial charge in [-0.2, -0.15) is 0 Å². The molecule has 1 fully saturated rings. The lowest BCUT2D eigenvalue weighted by molar-refractivity contribution is -0.120. The van der Waals surface area contributed by atoms with E-state index in [1.165, 1.54) is 38.8 Å². The number of aryl methyl sites for hydroxylation is 2. The van der Waals surface area contributed by atoms with Gasteiger partial charge < -0.3 is 9.13 Å². The van der Waals surface area contributed by atoms with Crippen molar-refractivity contribution in [1.82, 2.24) is 9.13 Å². The lowest BCUT2D eigenvalue weighted by atomic mass is 9.81. The summed E-state index contributed by atoms with van der Waals surface area (Å²) in [5, 5.41) is 2.55. The van der Waals surface area contributed by atoms with E-state index in [1.54, 1.807) is 0 Å². The molecule has 2 heterocycles. The summed E-state index contributed by atoms with van der Waals surface area (Å²) in [5.74, 6) is 0.715. The summed E-state index contributed by atoms with van der Waals surface area (Å²) in [7, 11) is 4.30. The first-order valence-electron chi connectivity index (χ1n) is 9.79. The Morgan fingerprint density at radius 1 is 0.926 bits per heavy atom. The molecule has 3 heteroatoms. The van der Waals surface area contributed by atoms with Gasteiger partial charge in [0, 0.05) is 48.7 Å². The molecule has 1 unspecified atom stereocenters. The molecule has 0 saturated heterocycles. The number of nitrogens with zero attached hydrogens (tertiary/aromatic N) is 2. The smallest absolute Gasteiger partial charge is 0.133 e.